The molecule has 6 nitrogen and oxygen atoms in total. The smallest absolute Gasteiger partial charge is 0.240 e. The fourth-order valence-electron chi connectivity index (χ4n) is 3.71. The normalized spacial score (nSPS) is 20.9. The zero-order valence-corrected chi connectivity index (χ0v) is 17.8. The molecule has 1 saturated carbocycles. The Labute approximate surface area is 163 Å². The van der Waals surface area contributed by atoms with E-state index in [4.69, 9.17) is 4.74 Å². The van der Waals surface area contributed by atoms with Crippen LogP contribution >= 0.6 is 0 Å². The van der Waals surface area contributed by atoms with Gasteiger partial charge in [0.05, 0.1) is 17.7 Å². The molecule has 27 heavy (non-hydrogen) atoms. The number of carbonyl (C=O) groups is 1. The van der Waals surface area contributed by atoms with Gasteiger partial charge in [0.25, 0.3) is 0 Å². The quantitative estimate of drug-likeness (QED) is 0.731. The van der Waals surface area contributed by atoms with E-state index in [0.29, 0.717) is 22.8 Å². The molecule has 0 aliphatic heterocycles. The van der Waals surface area contributed by atoms with Crippen LogP contribution in [0, 0.1) is 11.3 Å². The average Bonchev–Trinajstić information content (AvgIpc) is 2.61. The molecular weight excluding hydrogens is 364 g/mol. The minimum Gasteiger partial charge on any atom is -0.495 e. The molecule has 0 spiro atoms. The molecular formula is C20H32N2O4S. The standard InChI is InChI=1S/C20H32N2O4S/c1-6-20(3,4)15-7-9-16(10-8-15)22-27(24,25)17-11-12-19(26-5)18(13-17)21-14(2)23/h11-13,15-16,22H,6-10H2,1-5H3,(H,21,23). The number of sulfonamides is 1. The van der Waals surface area contributed by atoms with Crippen molar-refractivity contribution in [3.8, 4) is 5.75 Å². The van der Waals surface area contributed by atoms with Crippen molar-refractivity contribution in [1.29, 1.82) is 0 Å². The monoisotopic (exact) mass is 396 g/mol. The highest BCUT2D eigenvalue weighted by Crippen LogP contribution is 2.40. The van der Waals surface area contributed by atoms with Crippen molar-refractivity contribution < 1.29 is 17.9 Å². The maximum atomic E-state index is 12.8. The number of rotatable bonds is 7. The van der Waals surface area contributed by atoms with Crippen molar-refractivity contribution in [3.63, 3.8) is 0 Å². The highest BCUT2D eigenvalue weighted by Gasteiger charge is 2.33. The molecule has 2 N–H and O–H groups in total. The van der Waals surface area contributed by atoms with E-state index in [2.05, 4.69) is 30.8 Å². The van der Waals surface area contributed by atoms with E-state index < -0.39 is 10.0 Å². The Kier molecular flexibility index (Phi) is 6.92. The predicted octanol–water partition coefficient (Wildman–Crippen LogP) is 3.93. The SMILES string of the molecule is CCC(C)(C)C1CCC(NS(=O)(=O)c2ccc(OC)c(NC(C)=O)c2)CC1. The van der Waals surface area contributed by atoms with E-state index in [0.717, 1.165) is 32.1 Å². The van der Waals surface area contributed by atoms with Crippen LogP contribution < -0.4 is 14.8 Å². The number of nitrogens with one attached hydrogen (secondary N) is 2. The third kappa shape index (κ3) is 5.45. The molecule has 0 unspecified atom stereocenters. The van der Waals surface area contributed by atoms with Crippen molar-refractivity contribution in [3.05, 3.63) is 18.2 Å². The Morgan fingerprint density at radius 3 is 2.37 bits per heavy atom. The Morgan fingerprint density at radius 1 is 1.22 bits per heavy atom. The second-order valence-corrected chi connectivity index (χ2v) is 9.77. The zero-order chi connectivity index (χ0) is 20.2. The molecule has 1 aromatic carbocycles. The first-order valence-corrected chi connectivity index (χ1v) is 11.1. The fourth-order valence-corrected chi connectivity index (χ4v) is 5.04. The molecule has 0 radical (unpaired) electrons. The molecule has 0 heterocycles. The average molecular weight is 397 g/mol. The van der Waals surface area contributed by atoms with E-state index in [9.17, 15) is 13.2 Å². The van der Waals surface area contributed by atoms with Gasteiger partial charge in [-0.1, -0.05) is 27.2 Å². The van der Waals surface area contributed by atoms with Gasteiger partial charge in [-0.05, 0) is 55.2 Å². The molecule has 1 fully saturated rings. The van der Waals surface area contributed by atoms with E-state index in [1.807, 2.05) is 0 Å². The van der Waals surface area contributed by atoms with Gasteiger partial charge in [0, 0.05) is 13.0 Å². The number of benzene rings is 1. The summed E-state index contributed by atoms with van der Waals surface area (Å²) in [6, 6.07) is 4.44. The number of amides is 1. The lowest BCUT2D eigenvalue weighted by Gasteiger charge is -2.39. The molecule has 7 heteroatoms. The highest BCUT2D eigenvalue weighted by atomic mass is 32.2. The summed E-state index contributed by atoms with van der Waals surface area (Å²) in [6.45, 7) is 8.17. The number of anilines is 1. The first-order valence-electron chi connectivity index (χ1n) is 9.57. The van der Waals surface area contributed by atoms with Crippen molar-refractivity contribution in [1.82, 2.24) is 4.72 Å². The van der Waals surface area contributed by atoms with Crippen LogP contribution in [0.2, 0.25) is 0 Å². The van der Waals surface area contributed by atoms with Crippen LogP contribution in [0.25, 0.3) is 0 Å². The van der Waals surface area contributed by atoms with Gasteiger partial charge in [0.2, 0.25) is 15.9 Å². The van der Waals surface area contributed by atoms with Crippen LogP contribution in [0.3, 0.4) is 0 Å². The molecule has 1 aromatic rings. The molecule has 1 aliphatic rings. The number of hydrogen-bond acceptors (Lipinski definition) is 4. The fraction of sp³-hybridized carbons (Fsp3) is 0.650. The second kappa shape index (κ2) is 8.61. The lowest BCUT2D eigenvalue weighted by atomic mass is 9.69. The van der Waals surface area contributed by atoms with E-state index in [-0.39, 0.29) is 16.8 Å². The van der Waals surface area contributed by atoms with E-state index in [1.54, 1.807) is 6.07 Å². The van der Waals surface area contributed by atoms with E-state index >= 15 is 0 Å². The van der Waals surface area contributed by atoms with Crippen molar-refractivity contribution >= 4 is 21.6 Å². The Morgan fingerprint density at radius 2 is 1.85 bits per heavy atom. The van der Waals surface area contributed by atoms with Gasteiger partial charge in [-0.2, -0.15) is 0 Å². The van der Waals surface area contributed by atoms with Crippen LogP contribution in [0.1, 0.15) is 59.8 Å². The topological polar surface area (TPSA) is 84.5 Å². The highest BCUT2D eigenvalue weighted by molar-refractivity contribution is 7.89. The molecule has 152 valence electrons. The summed E-state index contributed by atoms with van der Waals surface area (Å²) in [6.07, 6.45) is 4.90. The Balaban J connectivity index is 2.10. The Bertz CT molecular complexity index is 766. The summed E-state index contributed by atoms with van der Waals surface area (Å²) in [4.78, 5) is 11.5. The lowest BCUT2D eigenvalue weighted by Crippen LogP contribution is -2.39. The first-order chi connectivity index (χ1) is 12.6. The molecule has 0 bridgehead atoms. The van der Waals surface area contributed by atoms with Gasteiger partial charge < -0.3 is 10.1 Å². The Hall–Kier alpha value is -1.60. The zero-order valence-electron chi connectivity index (χ0n) is 17.0. The van der Waals surface area contributed by atoms with Gasteiger partial charge >= 0.3 is 0 Å². The van der Waals surface area contributed by atoms with Gasteiger partial charge in [-0.15, -0.1) is 0 Å². The number of carbonyl (C=O) groups excluding carboxylic acids is 1. The van der Waals surface area contributed by atoms with Crippen LogP contribution in [-0.2, 0) is 14.8 Å². The number of hydrogen-bond donors (Lipinski definition) is 2. The third-order valence-corrected chi connectivity index (χ3v) is 7.38. The van der Waals surface area contributed by atoms with Gasteiger partial charge in [-0.25, -0.2) is 13.1 Å². The first kappa shape index (κ1) is 21.7. The summed E-state index contributed by atoms with van der Waals surface area (Å²) < 4.78 is 33.6. The van der Waals surface area contributed by atoms with Crippen molar-refractivity contribution in [2.24, 2.45) is 11.3 Å². The van der Waals surface area contributed by atoms with Crippen molar-refractivity contribution in [2.45, 2.75) is 70.7 Å². The summed E-state index contributed by atoms with van der Waals surface area (Å²) in [5.41, 5.74) is 0.647. The van der Waals surface area contributed by atoms with Crippen LogP contribution in [0.5, 0.6) is 5.75 Å². The number of methoxy groups -OCH3 is 1. The van der Waals surface area contributed by atoms with Crippen LogP contribution in [0.4, 0.5) is 5.69 Å². The van der Waals surface area contributed by atoms with Gasteiger partial charge in [-0.3, -0.25) is 4.79 Å². The predicted molar refractivity (Wildman–Crippen MR) is 107 cm³/mol. The summed E-state index contributed by atoms with van der Waals surface area (Å²) in [5, 5.41) is 2.61. The minimum absolute atomic E-state index is 0.0507. The van der Waals surface area contributed by atoms with E-state index in [1.165, 1.54) is 26.2 Å². The maximum absolute atomic E-state index is 12.8. The summed E-state index contributed by atoms with van der Waals surface area (Å²) >= 11 is 0. The molecule has 1 aliphatic carbocycles. The third-order valence-electron chi connectivity index (χ3n) is 5.86. The second-order valence-electron chi connectivity index (χ2n) is 8.06. The molecule has 0 atom stereocenters. The van der Waals surface area contributed by atoms with Gasteiger partial charge in [0.1, 0.15) is 5.75 Å². The summed E-state index contributed by atoms with van der Waals surface area (Å²) in [5.74, 6) is 0.773. The molecule has 1 amide bonds. The lowest BCUT2D eigenvalue weighted by molar-refractivity contribution is -0.114. The van der Waals surface area contributed by atoms with Crippen LogP contribution in [-0.4, -0.2) is 27.5 Å². The minimum atomic E-state index is -3.66. The molecule has 2 rings (SSSR count). The maximum Gasteiger partial charge on any atom is 0.240 e. The van der Waals surface area contributed by atoms with Crippen LogP contribution in [0.15, 0.2) is 23.1 Å². The summed E-state index contributed by atoms with van der Waals surface area (Å²) in [7, 11) is -2.18. The number of ether oxygens (including phenoxy) is 1. The van der Waals surface area contributed by atoms with Crippen molar-refractivity contribution in [2.75, 3.05) is 12.4 Å². The largest absolute Gasteiger partial charge is 0.495 e. The van der Waals surface area contributed by atoms with Gasteiger partial charge in [0.15, 0.2) is 0 Å². The molecule has 0 aromatic heterocycles. The molecule has 0 saturated heterocycles.